The van der Waals surface area contributed by atoms with Gasteiger partial charge in [-0.3, -0.25) is 0 Å². The zero-order valence-electron chi connectivity index (χ0n) is 6.59. The lowest BCUT2D eigenvalue weighted by Gasteiger charge is -1.82. The molecule has 0 amide bonds. The fourth-order valence-corrected chi connectivity index (χ4v) is 0.616. The molecule has 0 bridgehead atoms. The van der Waals surface area contributed by atoms with Crippen LogP contribution in [-0.2, 0) is 0 Å². The molecule has 0 heterocycles. The van der Waals surface area contributed by atoms with Gasteiger partial charge in [0.15, 0.2) is 0 Å². The highest BCUT2D eigenvalue weighted by atomic mass is 13.8. The molecule has 0 aliphatic heterocycles. The molecule has 0 atom stereocenters. The van der Waals surface area contributed by atoms with Gasteiger partial charge in [-0.05, 0) is 12.8 Å². The molecule has 0 N–H and O–H groups in total. The van der Waals surface area contributed by atoms with E-state index in [0.717, 1.165) is 6.42 Å². The SMILES string of the molecule is [CH]=C/C=C/C/C=C/CCC. The van der Waals surface area contributed by atoms with E-state index in [-0.39, 0.29) is 0 Å². The first-order valence-electron chi connectivity index (χ1n) is 3.77. The molecule has 0 saturated heterocycles. The summed E-state index contributed by atoms with van der Waals surface area (Å²) in [5.41, 5.74) is 0. The minimum Gasteiger partial charge on any atom is -0.0882 e. The van der Waals surface area contributed by atoms with E-state index in [1.807, 2.05) is 12.2 Å². The van der Waals surface area contributed by atoms with E-state index in [4.69, 9.17) is 6.58 Å². The second kappa shape index (κ2) is 8.22. The Labute approximate surface area is 64.0 Å². The Balaban J connectivity index is 3.17. The van der Waals surface area contributed by atoms with E-state index in [1.165, 1.54) is 12.8 Å². The Kier molecular flexibility index (Phi) is 7.58. The molecule has 0 heteroatoms. The van der Waals surface area contributed by atoms with Gasteiger partial charge in [0.1, 0.15) is 0 Å². The van der Waals surface area contributed by atoms with Gasteiger partial charge >= 0.3 is 0 Å². The van der Waals surface area contributed by atoms with Crippen LogP contribution < -0.4 is 0 Å². The summed E-state index contributed by atoms with van der Waals surface area (Å²) in [6.07, 6.45) is 13.2. The van der Waals surface area contributed by atoms with E-state index < -0.39 is 0 Å². The van der Waals surface area contributed by atoms with Crippen LogP contribution in [0.5, 0.6) is 0 Å². The van der Waals surface area contributed by atoms with Crippen LogP contribution in [0.2, 0.25) is 0 Å². The molecule has 10 heavy (non-hydrogen) atoms. The third-order valence-corrected chi connectivity index (χ3v) is 1.14. The lowest BCUT2D eigenvalue weighted by atomic mass is 10.3. The summed E-state index contributed by atoms with van der Waals surface area (Å²) in [4.78, 5) is 0. The zero-order chi connectivity index (χ0) is 7.66. The fraction of sp³-hybridized carbons (Fsp3) is 0.400. The molecule has 55 valence electrons. The molecule has 0 unspecified atom stereocenters. The standard InChI is InChI=1S/C10H15/c1-3-5-7-9-10-8-6-4-2/h1,3,5,7-8,10H,4,6,9H2,2H3/b3-1?,7-5+,10-8+. The Hall–Kier alpha value is -0.780. The van der Waals surface area contributed by atoms with Gasteiger partial charge in [-0.25, -0.2) is 0 Å². The number of unbranched alkanes of at least 4 members (excludes halogenated alkanes) is 1. The van der Waals surface area contributed by atoms with Crippen LogP contribution in [0.4, 0.5) is 0 Å². The third kappa shape index (κ3) is 7.22. The molecule has 0 aromatic heterocycles. The average molecular weight is 135 g/mol. The molecule has 0 aromatic rings. The normalized spacial score (nSPS) is 11.3. The van der Waals surface area contributed by atoms with Crippen molar-refractivity contribution in [3.63, 3.8) is 0 Å². The van der Waals surface area contributed by atoms with Gasteiger partial charge in [-0.2, -0.15) is 0 Å². The highest BCUT2D eigenvalue weighted by Crippen LogP contribution is 1.91. The highest BCUT2D eigenvalue weighted by molar-refractivity contribution is 4.99. The van der Waals surface area contributed by atoms with Gasteiger partial charge in [0.2, 0.25) is 0 Å². The van der Waals surface area contributed by atoms with Crippen molar-refractivity contribution in [2.75, 3.05) is 0 Å². The lowest BCUT2D eigenvalue weighted by molar-refractivity contribution is 0.954. The van der Waals surface area contributed by atoms with Crippen molar-refractivity contribution in [1.29, 1.82) is 0 Å². The van der Waals surface area contributed by atoms with Crippen molar-refractivity contribution < 1.29 is 0 Å². The molecule has 0 fully saturated rings. The molecule has 0 aliphatic rings. The molecule has 0 saturated carbocycles. The minimum absolute atomic E-state index is 0.994. The third-order valence-electron chi connectivity index (χ3n) is 1.14. The summed E-state index contributed by atoms with van der Waals surface area (Å²) in [7, 11) is 0. The van der Waals surface area contributed by atoms with Crippen molar-refractivity contribution in [2.45, 2.75) is 26.2 Å². The van der Waals surface area contributed by atoms with Gasteiger partial charge < -0.3 is 0 Å². The quantitative estimate of drug-likeness (QED) is 0.401. The summed E-state index contributed by atoms with van der Waals surface area (Å²) < 4.78 is 0. The van der Waals surface area contributed by atoms with Gasteiger partial charge in [0.25, 0.3) is 0 Å². The molecule has 0 nitrogen and oxygen atoms in total. The van der Waals surface area contributed by atoms with Crippen molar-refractivity contribution in [3.8, 4) is 0 Å². The Morgan fingerprint density at radius 1 is 1.20 bits per heavy atom. The van der Waals surface area contributed by atoms with E-state index in [0.29, 0.717) is 0 Å². The lowest BCUT2D eigenvalue weighted by Crippen LogP contribution is -1.61. The van der Waals surface area contributed by atoms with Crippen molar-refractivity contribution in [1.82, 2.24) is 0 Å². The number of rotatable bonds is 5. The van der Waals surface area contributed by atoms with Crippen molar-refractivity contribution >= 4 is 0 Å². The van der Waals surface area contributed by atoms with Gasteiger partial charge in [-0.15, -0.1) is 0 Å². The average Bonchev–Trinajstić information content (AvgIpc) is 1.97. The topological polar surface area (TPSA) is 0 Å². The van der Waals surface area contributed by atoms with Crippen LogP contribution in [0.1, 0.15) is 26.2 Å². The predicted octanol–water partition coefficient (Wildman–Crippen LogP) is 3.28. The Bertz CT molecular complexity index is 118. The maximum Gasteiger partial charge on any atom is -0.0166 e. The summed E-state index contributed by atoms with van der Waals surface area (Å²) in [6, 6.07) is 0. The monoisotopic (exact) mass is 135 g/mol. The fourth-order valence-electron chi connectivity index (χ4n) is 0.616. The van der Waals surface area contributed by atoms with Gasteiger partial charge in [0.05, 0.1) is 0 Å². The van der Waals surface area contributed by atoms with E-state index in [1.54, 1.807) is 6.08 Å². The predicted molar refractivity (Wildman–Crippen MR) is 46.7 cm³/mol. The zero-order valence-corrected chi connectivity index (χ0v) is 6.59. The smallest absolute Gasteiger partial charge is 0.0166 e. The first-order valence-corrected chi connectivity index (χ1v) is 3.77. The largest absolute Gasteiger partial charge is 0.0882 e. The van der Waals surface area contributed by atoms with Crippen LogP contribution >= 0.6 is 0 Å². The second-order valence-corrected chi connectivity index (χ2v) is 2.12. The van der Waals surface area contributed by atoms with Crippen molar-refractivity contribution in [2.24, 2.45) is 0 Å². The number of hydrogen-bond donors (Lipinski definition) is 0. The Morgan fingerprint density at radius 2 is 2.00 bits per heavy atom. The molecule has 0 aliphatic carbocycles. The summed E-state index contributed by atoms with van der Waals surface area (Å²) in [6.45, 7) is 7.31. The molecule has 0 spiro atoms. The molecule has 0 aromatic carbocycles. The number of hydrogen-bond acceptors (Lipinski definition) is 0. The van der Waals surface area contributed by atoms with Crippen LogP contribution in [0.3, 0.4) is 0 Å². The summed E-state index contributed by atoms with van der Waals surface area (Å²) in [5.74, 6) is 0. The van der Waals surface area contributed by atoms with E-state index >= 15 is 0 Å². The maximum atomic E-state index is 5.13. The van der Waals surface area contributed by atoms with Crippen molar-refractivity contribution in [3.05, 3.63) is 37.0 Å². The molecule has 0 rings (SSSR count). The summed E-state index contributed by atoms with van der Waals surface area (Å²) in [5, 5.41) is 0. The van der Waals surface area contributed by atoms with Crippen LogP contribution in [0, 0.1) is 6.58 Å². The van der Waals surface area contributed by atoms with Gasteiger partial charge in [-0.1, -0.05) is 50.3 Å². The van der Waals surface area contributed by atoms with E-state index in [9.17, 15) is 0 Å². The van der Waals surface area contributed by atoms with Crippen LogP contribution in [-0.4, -0.2) is 0 Å². The molecule has 1 radical (unpaired) electrons. The second-order valence-electron chi connectivity index (χ2n) is 2.12. The number of allylic oxidation sites excluding steroid dienone is 5. The highest BCUT2D eigenvalue weighted by Gasteiger charge is 1.71. The van der Waals surface area contributed by atoms with Crippen LogP contribution in [0.25, 0.3) is 0 Å². The summed E-state index contributed by atoms with van der Waals surface area (Å²) >= 11 is 0. The van der Waals surface area contributed by atoms with Crippen LogP contribution in [0.15, 0.2) is 30.4 Å². The molecular weight excluding hydrogens is 120 g/mol. The minimum atomic E-state index is 0.994. The maximum absolute atomic E-state index is 5.13. The first kappa shape index (κ1) is 9.22. The van der Waals surface area contributed by atoms with E-state index in [2.05, 4.69) is 19.1 Å². The van der Waals surface area contributed by atoms with Gasteiger partial charge in [0, 0.05) is 0 Å². The Morgan fingerprint density at radius 3 is 2.60 bits per heavy atom. The molecular formula is C10H15. The first-order chi connectivity index (χ1) is 4.91.